The van der Waals surface area contributed by atoms with E-state index in [9.17, 15) is 9.90 Å². The molecule has 0 aliphatic heterocycles. The van der Waals surface area contributed by atoms with Crippen LogP contribution in [0.1, 0.15) is 21.9 Å². The van der Waals surface area contributed by atoms with Crippen LogP contribution in [0, 0.1) is 6.92 Å². The van der Waals surface area contributed by atoms with E-state index in [0.717, 1.165) is 5.76 Å². The monoisotopic (exact) mass is 302 g/mol. The molecule has 1 aromatic heterocycles. The van der Waals surface area contributed by atoms with Gasteiger partial charge >= 0.3 is 0 Å². The Morgan fingerprint density at radius 3 is 2.86 bits per heavy atom. The zero-order valence-corrected chi connectivity index (χ0v) is 11.9. The molecule has 108 valence electrons. The summed E-state index contributed by atoms with van der Waals surface area (Å²) in [6, 6.07) is 9.73. The number of aromatic carboxylic acids is 1. The van der Waals surface area contributed by atoms with Crippen molar-refractivity contribution in [3.63, 3.8) is 0 Å². The molecule has 6 nitrogen and oxygen atoms in total. The fourth-order valence-electron chi connectivity index (χ4n) is 1.56. The van der Waals surface area contributed by atoms with Crippen molar-refractivity contribution in [2.75, 3.05) is 5.32 Å². The molecule has 0 amide bonds. The highest BCUT2D eigenvalue weighted by molar-refractivity contribution is 7.80. The molecule has 0 aliphatic rings. The molecule has 0 saturated carbocycles. The molecule has 1 heterocycles. The van der Waals surface area contributed by atoms with Crippen LogP contribution in [0.4, 0.5) is 5.69 Å². The Kier molecular flexibility index (Phi) is 4.68. The number of anilines is 1. The summed E-state index contributed by atoms with van der Waals surface area (Å²) in [5.74, 6) is 0.140. The van der Waals surface area contributed by atoms with Crippen molar-refractivity contribution in [3.8, 4) is 0 Å². The number of hydrogen-bond donors (Lipinski definition) is 2. The normalized spacial score (nSPS) is 10.5. The minimum atomic E-state index is -1.25. The number of furan rings is 1. The van der Waals surface area contributed by atoms with Crippen LogP contribution in [0.3, 0.4) is 0 Å². The third-order valence-corrected chi connectivity index (χ3v) is 2.67. The summed E-state index contributed by atoms with van der Waals surface area (Å²) in [6.07, 6.45) is 1.48. The minimum Gasteiger partial charge on any atom is -0.545 e. The number of rotatable bonds is 4. The summed E-state index contributed by atoms with van der Waals surface area (Å²) >= 11 is 5.04. The Bertz CT molecular complexity index is 694. The lowest BCUT2D eigenvalue weighted by Gasteiger charge is -2.09. The van der Waals surface area contributed by atoms with Gasteiger partial charge in [-0.05, 0) is 49.0 Å². The first kappa shape index (κ1) is 14.7. The average molecular weight is 302 g/mol. The lowest BCUT2D eigenvalue weighted by molar-refractivity contribution is -0.255. The zero-order valence-electron chi connectivity index (χ0n) is 11.1. The van der Waals surface area contributed by atoms with Crippen LogP contribution in [0.2, 0.25) is 0 Å². The van der Waals surface area contributed by atoms with E-state index in [2.05, 4.69) is 15.8 Å². The Hall–Kier alpha value is -2.67. The lowest BCUT2D eigenvalue weighted by Crippen LogP contribution is -2.25. The minimum absolute atomic E-state index is 0.0670. The highest BCUT2D eigenvalue weighted by Gasteiger charge is 1.99. The summed E-state index contributed by atoms with van der Waals surface area (Å²) in [4.78, 5) is 10.7. The summed E-state index contributed by atoms with van der Waals surface area (Å²) in [5.41, 5.74) is 3.20. The maximum absolute atomic E-state index is 10.7. The molecule has 1 aromatic carbocycles. The fourth-order valence-corrected chi connectivity index (χ4v) is 1.73. The van der Waals surface area contributed by atoms with Gasteiger partial charge in [-0.3, -0.25) is 5.43 Å². The Morgan fingerprint density at radius 1 is 1.38 bits per heavy atom. The molecule has 0 bridgehead atoms. The predicted octanol–water partition coefficient (Wildman–Crippen LogP) is 1.27. The van der Waals surface area contributed by atoms with Gasteiger partial charge in [0, 0.05) is 5.69 Å². The van der Waals surface area contributed by atoms with Gasteiger partial charge < -0.3 is 19.6 Å². The van der Waals surface area contributed by atoms with Crippen LogP contribution in [-0.2, 0) is 0 Å². The Labute approximate surface area is 126 Å². The summed E-state index contributed by atoms with van der Waals surface area (Å²) < 4.78 is 5.30. The first-order valence-corrected chi connectivity index (χ1v) is 6.43. The Balaban J connectivity index is 1.91. The molecule has 2 N–H and O–H groups in total. The van der Waals surface area contributed by atoms with E-state index in [0.29, 0.717) is 11.4 Å². The second-order valence-electron chi connectivity index (χ2n) is 4.14. The number of thiocarbonyl (C=S) groups is 1. The second kappa shape index (κ2) is 6.67. The van der Waals surface area contributed by atoms with Gasteiger partial charge in [0.05, 0.1) is 12.2 Å². The van der Waals surface area contributed by atoms with Gasteiger partial charge in [-0.1, -0.05) is 12.1 Å². The van der Waals surface area contributed by atoms with Crippen molar-refractivity contribution in [1.29, 1.82) is 0 Å². The van der Waals surface area contributed by atoms with E-state index in [4.69, 9.17) is 16.6 Å². The highest BCUT2D eigenvalue weighted by Crippen LogP contribution is 2.09. The quantitative estimate of drug-likeness (QED) is 0.502. The fraction of sp³-hybridized carbons (Fsp3) is 0.0714. The average Bonchev–Trinajstić information content (AvgIpc) is 2.84. The van der Waals surface area contributed by atoms with Crippen LogP contribution >= 0.6 is 12.2 Å². The number of hydrazone groups is 1. The first-order valence-electron chi connectivity index (χ1n) is 6.02. The van der Waals surface area contributed by atoms with Crippen LogP contribution < -0.4 is 15.8 Å². The number of carbonyl (C=O) groups excluding carboxylic acids is 1. The van der Waals surface area contributed by atoms with Gasteiger partial charge in [0.15, 0.2) is 5.11 Å². The van der Waals surface area contributed by atoms with Gasteiger partial charge in [0.1, 0.15) is 11.5 Å². The Morgan fingerprint density at radius 2 is 2.19 bits per heavy atom. The molecule has 21 heavy (non-hydrogen) atoms. The largest absolute Gasteiger partial charge is 0.545 e. The molecule has 0 unspecified atom stereocenters. The van der Waals surface area contributed by atoms with E-state index in [1.807, 2.05) is 13.0 Å². The lowest BCUT2D eigenvalue weighted by atomic mass is 10.2. The molecular weight excluding hydrogens is 290 g/mol. The first-order chi connectivity index (χ1) is 10.0. The molecule has 0 saturated heterocycles. The third-order valence-electron chi connectivity index (χ3n) is 2.48. The van der Waals surface area contributed by atoms with Crippen LogP contribution in [0.25, 0.3) is 0 Å². The molecule has 2 aromatic rings. The number of aryl methyl sites for hydroxylation is 1. The standard InChI is InChI=1S/C14H13N3O3S/c1-9-5-6-12(20-9)8-15-17-14(21)16-11-4-2-3-10(7-11)13(18)19/h2-8H,1H3,(H,18,19)(H2,16,17,21)/p-1. The van der Waals surface area contributed by atoms with Gasteiger partial charge in [-0.25, -0.2) is 0 Å². The van der Waals surface area contributed by atoms with E-state index >= 15 is 0 Å². The zero-order chi connectivity index (χ0) is 15.2. The van der Waals surface area contributed by atoms with Gasteiger partial charge in [-0.15, -0.1) is 0 Å². The number of carboxylic acid groups (broad SMARTS) is 1. The van der Waals surface area contributed by atoms with Crippen LogP contribution in [-0.4, -0.2) is 17.3 Å². The van der Waals surface area contributed by atoms with Gasteiger partial charge in [-0.2, -0.15) is 5.10 Å². The second-order valence-corrected chi connectivity index (χ2v) is 4.55. The van der Waals surface area contributed by atoms with Crippen molar-refractivity contribution >= 4 is 35.2 Å². The molecule has 0 spiro atoms. The summed E-state index contributed by atoms with van der Waals surface area (Å²) in [5, 5.41) is 17.7. The van der Waals surface area contributed by atoms with Crippen molar-refractivity contribution in [2.24, 2.45) is 5.10 Å². The molecule has 2 rings (SSSR count). The van der Waals surface area contributed by atoms with E-state index in [-0.39, 0.29) is 10.7 Å². The summed E-state index contributed by atoms with van der Waals surface area (Å²) in [7, 11) is 0. The number of carboxylic acids is 1. The topological polar surface area (TPSA) is 89.7 Å². The number of nitrogens with zero attached hydrogens (tertiary/aromatic N) is 1. The molecule has 0 aliphatic carbocycles. The molecular formula is C14H12N3O3S-. The van der Waals surface area contributed by atoms with Crippen LogP contribution in [0.15, 0.2) is 45.9 Å². The third kappa shape index (κ3) is 4.43. The molecule has 0 atom stereocenters. The maximum Gasteiger partial charge on any atom is 0.191 e. The van der Waals surface area contributed by atoms with E-state index in [1.54, 1.807) is 18.2 Å². The molecule has 0 fully saturated rings. The number of nitrogens with one attached hydrogen (secondary N) is 2. The van der Waals surface area contributed by atoms with E-state index in [1.165, 1.54) is 18.3 Å². The van der Waals surface area contributed by atoms with Crippen molar-refractivity contribution in [2.45, 2.75) is 6.92 Å². The summed E-state index contributed by atoms with van der Waals surface area (Å²) in [6.45, 7) is 1.83. The maximum atomic E-state index is 10.7. The van der Waals surface area contributed by atoms with Crippen LogP contribution in [0.5, 0.6) is 0 Å². The van der Waals surface area contributed by atoms with E-state index < -0.39 is 5.97 Å². The van der Waals surface area contributed by atoms with Crippen molar-refractivity contribution in [1.82, 2.24) is 5.43 Å². The smallest absolute Gasteiger partial charge is 0.191 e. The number of carbonyl (C=O) groups is 1. The van der Waals surface area contributed by atoms with Crippen molar-refractivity contribution < 1.29 is 14.3 Å². The SMILES string of the molecule is Cc1ccc(C=NNC(=S)Nc2cccc(C(=O)[O-])c2)o1. The molecule has 7 heteroatoms. The number of benzene rings is 1. The van der Waals surface area contributed by atoms with Gasteiger partial charge in [0.25, 0.3) is 0 Å². The van der Waals surface area contributed by atoms with Gasteiger partial charge in [0.2, 0.25) is 0 Å². The van der Waals surface area contributed by atoms with Crippen molar-refractivity contribution in [3.05, 3.63) is 53.5 Å². The molecule has 0 radical (unpaired) electrons. The number of hydrogen-bond acceptors (Lipinski definition) is 5. The predicted molar refractivity (Wildman–Crippen MR) is 81.2 cm³/mol. The highest BCUT2D eigenvalue weighted by atomic mass is 32.1.